The van der Waals surface area contributed by atoms with Crippen molar-refractivity contribution < 1.29 is 4.74 Å². The molecule has 2 rings (SSSR count). The molecule has 1 fully saturated rings. The molecule has 2 atom stereocenters. The Morgan fingerprint density at radius 1 is 1.62 bits per heavy atom. The van der Waals surface area contributed by atoms with Crippen molar-refractivity contribution >= 4 is 0 Å². The van der Waals surface area contributed by atoms with Crippen molar-refractivity contribution in [3.05, 3.63) is 5.82 Å². The predicted molar refractivity (Wildman–Crippen MR) is 58.8 cm³/mol. The average Bonchev–Trinajstić information content (AvgIpc) is 2.77. The van der Waals surface area contributed by atoms with Gasteiger partial charge in [-0.3, -0.25) is 0 Å². The maximum Gasteiger partial charge on any atom is 0.167 e. The molecule has 1 saturated heterocycles. The molecule has 0 spiro atoms. The molecule has 6 heteroatoms. The largest absolute Gasteiger partial charge is 0.381 e. The van der Waals surface area contributed by atoms with Gasteiger partial charge in [-0.05, 0) is 37.2 Å². The van der Waals surface area contributed by atoms with Crippen LogP contribution in [0, 0.1) is 5.92 Å². The summed E-state index contributed by atoms with van der Waals surface area (Å²) >= 11 is 0. The lowest BCUT2D eigenvalue weighted by molar-refractivity contribution is 0.0462. The first kappa shape index (κ1) is 11.5. The third kappa shape index (κ3) is 2.56. The van der Waals surface area contributed by atoms with Gasteiger partial charge in [0, 0.05) is 19.1 Å². The molecule has 16 heavy (non-hydrogen) atoms. The quantitative estimate of drug-likeness (QED) is 0.802. The summed E-state index contributed by atoms with van der Waals surface area (Å²) in [5.74, 6) is 1.44. The molecule has 0 amide bonds. The smallest absolute Gasteiger partial charge is 0.167 e. The van der Waals surface area contributed by atoms with E-state index in [4.69, 9.17) is 4.74 Å². The zero-order valence-corrected chi connectivity index (χ0v) is 9.89. The summed E-state index contributed by atoms with van der Waals surface area (Å²) in [5, 5.41) is 15.0. The van der Waals surface area contributed by atoms with Gasteiger partial charge in [-0.2, -0.15) is 0 Å². The highest BCUT2D eigenvalue weighted by Gasteiger charge is 2.19. The first-order chi connectivity index (χ1) is 7.81. The summed E-state index contributed by atoms with van der Waals surface area (Å²) in [6.45, 7) is 4.63. The fourth-order valence-corrected chi connectivity index (χ4v) is 1.98. The van der Waals surface area contributed by atoms with Gasteiger partial charge in [-0.15, -0.1) is 5.10 Å². The van der Waals surface area contributed by atoms with Gasteiger partial charge in [0.1, 0.15) is 0 Å². The minimum atomic E-state index is 0.180. The molecule has 0 aromatic carbocycles. The minimum absolute atomic E-state index is 0.180. The van der Waals surface area contributed by atoms with Crippen LogP contribution in [0.1, 0.15) is 31.6 Å². The van der Waals surface area contributed by atoms with E-state index in [0.29, 0.717) is 5.92 Å². The van der Waals surface area contributed by atoms with E-state index in [1.54, 1.807) is 0 Å². The van der Waals surface area contributed by atoms with Crippen LogP contribution < -0.4 is 5.32 Å². The average molecular weight is 225 g/mol. The Hall–Kier alpha value is -1.01. The number of nitrogens with zero attached hydrogens (tertiary/aromatic N) is 4. The molecule has 0 radical (unpaired) electrons. The molecule has 2 heterocycles. The lowest BCUT2D eigenvalue weighted by Gasteiger charge is -2.22. The van der Waals surface area contributed by atoms with Crippen LogP contribution in [0.4, 0.5) is 0 Å². The zero-order valence-electron chi connectivity index (χ0n) is 9.89. The van der Waals surface area contributed by atoms with Crippen molar-refractivity contribution in [2.75, 3.05) is 20.3 Å². The first-order valence-corrected chi connectivity index (χ1v) is 5.82. The van der Waals surface area contributed by atoms with Crippen molar-refractivity contribution in [2.45, 2.75) is 32.4 Å². The van der Waals surface area contributed by atoms with Crippen LogP contribution >= 0.6 is 0 Å². The van der Waals surface area contributed by atoms with E-state index in [-0.39, 0.29) is 6.04 Å². The molecule has 1 N–H and O–H groups in total. The maximum atomic E-state index is 5.46. The van der Waals surface area contributed by atoms with E-state index < -0.39 is 0 Å². The number of hydrogen-bond donors (Lipinski definition) is 1. The second-order valence-electron chi connectivity index (χ2n) is 4.31. The summed E-state index contributed by atoms with van der Waals surface area (Å²) in [5.41, 5.74) is 0. The number of hydrogen-bond acceptors (Lipinski definition) is 5. The minimum Gasteiger partial charge on any atom is -0.381 e. The predicted octanol–water partition coefficient (Wildman–Crippen LogP) is 0.380. The van der Waals surface area contributed by atoms with Gasteiger partial charge in [-0.1, -0.05) is 0 Å². The van der Waals surface area contributed by atoms with Crippen molar-refractivity contribution in [1.82, 2.24) is 25.5 Å². The van der Waals surface area contributed by atoms with Gasteiger partial charge >= 0.3 is 0 Å². The third-order valence-corrected chi connectivity index (χ3v) is 3.07. The molecule has 2 unspecified atom stereocenters. The lowest BCUT2D eigenvalue weighted by Crippen LogP contribution is -2.25. The highest BCUT2D eigenvalue weighted by Crippen LogP contribution is 2.17. The molecule has 1 aromatic rings. The van der Waals surface area contributed by atoms with E-state index in [1.807, 2.05) is 11.7 Å². The van der Waals surface area contributed by atoms with E-state index in [9.17, 15) is 0 Å². The molecule has 6 nitrogen and oxygen atoms in total. The van der Waals surface area contributed by atoms with Crippen LogP contribution in [0.5, 0.6) is 0 Å². The van der Waals surface area contributed by atoms with E-state index >= 15 is 0 Å². The topological polar surface area (TPSA) is 64.9 Å². The Labute approximate surface area is 95.4 Å². The number of ether oxygens (including phenoxy) is 1. The van der Waals surface area contributed by atoms with Gasteiger partial charge in [0.2, 0.25) is 0 Å². The second kappa shape index (κ2) is 5.36. The third-order valence-electron chi connectivity index (χ3n) is 3.07. The van der Waals surface area contributed by atoms with Crippen LogP contribution in [0.3, 0.4) is 0 Å². The summed E-state index contributed by atoms with van der Waals surface area (Å²) in [4.78, 5) is 0. The Morgan fingerprint density at radius 2 is 2.50 bits per heavy atom. The Morgan fingerprint density at radius 3 is 3.19 bits per heavy atom. The monoisotopic (exact) mass is 225 g/mol. The van der Waals surface area contributed by atoms with Gasteiger partial charge in [0.25, 0.3) is 0 Å². The van der Waals surface area contributed by atoms with Crippen LogP contribution in [0.25, 0.3) is 0 Å². The molecular weight excluding hydrogens is 206 g/mol. The Balaban J connectivity index is 2.00. The van der Waals surface area contributed by atoms with E-state index in [0.717, 1.165) is 32.0 Å². The van der Waals surface area contributed by atoms with Gasteiger partial charge < -0.3 is 10.1 Å². The van der Waals surface area contributed by atoms with Crippen LogP contribution in [-0.2, 0) is 11.3 Å². The summed E-state index contributed by atoms with van der Waals surface area (Å²) in [6.07, 6.45) is 2.34. The molecule has 1 aromatic heterocycles. The fraction of sp³-hybridized carbons (Fsp3) is 0.900. The number of tetrazole rings is 1. The van der Waals surface area contributed by atoms with Crippen molar-refractivity contribution in [2.24, 2.45) is 5.92 Å². The molecule has 0 bridgehead atoms. The highest BCUT2D eigenvalue weighted by atomic mass is 16.5. The van der Waals surface area contributed by atoms with Gasteiger partial charge in [-0.25, -0.2) is 4.68 Å². The normalized spacial score (nSPS) is 23.2. The van der Waals surface area contributed by atoms with E-state index in [2.05, 4.69) is 27.8 Å². The molecule has 90 valence electrons. The van der Waals surface area contributed by atoms with Gasteiger partial charge in [0.05, 0.1) is 12.6 Å². The highest BCUT2D eigenvalue weighted by molar-refractivity contribution is 4.89. The van der Waals surface area contributed by atoms with Crippen molar-refractivity contribution in [1.29, 1.82) is 0 Å². The zero-order chi connectivity index (χ0) is 11.4. The summed E-state index contributed by atoms with van der Waals surface area (Å²) < 4.78 is 7.35. The Bertz CT molecular complexity index is 321. The van der Waals surface area contributed by atoms with Crippen molar-refractivity contribution in [3.63, 3.8) is 0 Å². The fourth-order valence-electron chi connectivity index (χ4n) is 1.98. The van der Waals surface area contributed by atoms with E-state index in [1.165, 1.54) is 6.42 Å². The number of rotatable bonds is 4. The second-order valence-corrected chi connectivity index (χ2v) is 4.31. The first-order valence-electron chi connectivity index (χ1n) is 5.82. The number of nitrogens with one attached hydrogen (secondary N) is 1. The molecular formula is C10H19N5O. The standard InChI is InChI=1S/C10H19N5O/c1-8(11-2)10-12-13-14-15(10)6-9-4-3-5-16-7-9/h8-9,11H,3-7H2,1-2H3. The molecule has 1 aliphatic heterocycles. The van der Waals surface area contributed by atoms with Crippen molar-refractivity contribution in [3.8, 4) is 0 Å². The number of aromatic nitrogens is 4. The molecule has 0 saturated carbocycles. The SMILES string of the molecule is CNC(C)c1nnnn1CC1CCCOC1. The van der Waals surface area contributed by atoms with Crippen LogP contribution in [0.15, 0.2) is 0 Å². The van der Waals surface area contributed by atoms with Crippen LogP contribution in [0.2, 0.25) is 0 Å². The Kier molecular flexibility index (Phi) is 3.84. The molecule has 0 aliphatic carbocycles. The summed E-state index contributed by atoms with van der Waals surface area (Å²) in [7, 11) is 1.91. The summed E-state index contributed by atoms with van der Waals surface area (Å²) in [6, 6.07) is 0.180. The van der Waals surface area contributed by atoms with Gasteiger partial charge in [0.15, 0.2) is 5.82 Å². The lowest BCUT2D eigenvalue weighted by atomic mass is 10.0. The molecule has 1 aliphatic rings. The maximum absolute atomic E-state index is 5.46. The van der Waals surface area contributed by atoms with Crippen LogP contribution in [-0.4, -0.2) is 40.5 Å².